The van der Waals surface area contributed by atoms with Crippen LogP contribution in [0.1, 0.15) is 94.6 Å². The van der Waals surface area contributed by atoms with E-state index in [1.807, 2.05) is 0 Å². The molecule has 0 unspecified atom stereocenters. The van der Waals surface area contributed by atoms with Crippen LogP contribution in [0.25, 0.3) is 0 Å². The predicted octanol–water partition coefficient (Wildman–Crippen LogP) is 7.68. The lowest BCUT2D eigenvalue weighted by Crippen LogP contribution is -2.18. The van der Waals surface area contributed by atoms with Crippen molar-refractivity contribution in [1.82, 2.24) is 0 Å². The van der Waals surface area contributed by atoms with Gasteiger partial charge in [0.2, 0.25) is 0 Å². The molecule has 146 valence electrons. The van der Waals surface area contributed by atoms with Crippen molar-refractivity contribution in [3.8, 4) is 0 Å². The van der Waals surface area contributed by atoms with Crippen molar-refractivity contribution in [2.75, 3.05) is 0 Å². The Bertz CT molecular complexity index is 594. The molecule has 3 rings (SSSR count). The molecular formula is C23H33F3. The summed E-state index contributed by atoms with van der Waals surface area (Å²) in [6.07, 6.45) is 13.3. The molecule has 1 aromatic rings. The van der Waals surface area contributed by atoms with E-state index in [4.69, 9.17) is 0 Å². The van der Waals surface area contributed by atoms with Crippen LogP contribution in [0, 0.1) is 42.1 Å². The summed E-state index contributed by atoms with van der Waals surface area (Å²) in [4.78, 5) is 0. The van der Waals surface area contributed by atoms with E-state index in [1.54, 1.807) is 0 Å². The number of rotatable bonds is 5. The van der Waals surface area contributed by atoms with Gasteiger partial charge in [-0.25, -0.2) is 13.2 Å². The molecule has 2 aliphatic carbocycles. The molecule has 2 aliphatic rings. The van der Waals surface area contributed by atoms with Gasteiger partial charge in [-0.3, -0.25) is 0 Å². The van der Waals surface area contributed by atoms with Gasteiger partial charge in [-0.15, -0.1) is 0 Å². The molecule has 2 saturated carbocycles. The zero-order chi connectivity index (χ0) is 18.7. The summed E-state index contributed by atoms with van der Waals surface area (Å²) in [6.45, 7) is 3.60. The molecule has 2 fully saturated rings. The van der Waals surface area contributed by atoms with Gasteiger partial charge in [0.05, 0.1) is 0 Å². The van der Waals surface area contributed by atoms with Crippen molar-refractivity contribution in [3.63, 3.8) is 0 Å². The fourth-order valence-corrected chi connectivity index (χ4v) is 5.16. The second-order valence-electron chi connectivity index (χ2n) is 8.79. The van der Waals surface area contributed by atoms with Crippen LogP contribution >= 0.6 is 0 Å². The summed E-state index contributed by atoms with van der Waals surface area (Å²) in [7, 11) is 0. The molecule has 26 heavy (non-hydrogen) atoms. The van der Waals surface area contributed by atoms with Crippen LogP contribution < -0.4 is 0 Å². The summed E-state index contributed by atoms with van der Waals surface area (Å²) >= 11 is 0. The van der Waals surface area contributed by atoms with Crippen molar-refractivity contribution in [1.29, 1.82) is 0 Å². The summed E-state index contributed by atoms with van der Waals surface area (Å²) in [5.74, 6) is 0.0582. The number of halogens is 3. The smallest absolute Gasteiger partial charge is 0.164 e. The first-order valence-electron chi connectivity index (χ1n) is 10.6. The van der Waals surface area contributed by atoms with E-state index in [9.17, 15) is 13.2 Å². The van der Waals surface area contributed by atoms with Crippen molar-refractivity contribution in [2.24, 2.45) is 17.8 Å². The third kappa shape index (κ3) is 4.46. The molecule has 0 heterocycles. The number of hydrogen-bond acceptors (Lipinski definition) is 0. The minimum atomic E-state index is -1.01. The Kier molecular flexibility index (Phi) is 6.69. The van der Waals surface area contributed by atoms with Gasteiger partial charge >= 0.3 is 0 Å². The highest BCUT2D eigenvalue weighted by Crippen LogP contribution is 2.41. The predicted molar refractivity (Wildman–Crippen MR) is 101 cm³/mol. The molecule has 0 nitrogen and oxygen atoms in total. The highest BCUT2D eigenvalue weighted by molar-refractivity contribution is 5.30. The molecule has 0 N–H and O–H groups in total. The molecular weight excluding hydrogens is 333 g/mol. The van der Waals surface area contributed by atoms with Crippen LogP contribution in [0.4, 0.5) is 13.2 Å². The maximum atomic E-state index is 14.2. The largest absolute Gasteiger partial charge is 0.207 e. The minimum Gasteiger partial charge on any atom is -0.207 e. The molecule has 0 atom stereocenters. The van der Waals surface area contributed by atoms with Gasteiger partial charge in [0.1, 0.15) is 5.82 Å². The fraction of sp³-hybridized carbons (Fsp3) is 0.739. The van der Waals surface area contributed by atoms with Crippen LogP contribution in [-0.2, 0) is 0 Å². The zero-order valence-corrected chi connectivity index (χ0v) is 16.3. The Labute approximate surface area is 156 Å². The Morgan fingerprint density at radius 1 is 0.769 bits per heavy atom. The highest BCUT2D eigenvalue weighted by Gasteiger charge is 2.28. The molecule has 0 aliphatic heterocycles. The maximum Gasteiger partial charge on any atom is 0.164 e. The third-order valence-electron chi connectivity index (χ3n) is 7.23. The van der Waals surface area contributed by atoms with Gasteiger partial charge in [-0.2, -0.15) is 0 Å². The topological polar surface area (TPSA) is 0 Å². The molecule has 0 radical (unpaired) electrons. The van der Waals surface area contributed by atoms with Gasteiger partial charge < -0.3 is 0 Å². The number of benzene rings is 1. The van der Waals surface area contributed by atoms with Crippen molar-refractivity contribution in [3.05, 3.63) is 34.6 Å². The Morgan fingerprint density at radius 2 is 1.27 bits per heavy atom. The maximum absolute atomic E-state index is 14.2. The molecule has 0 aromatic heterocycles. The normalized spacial score (nSPS) is 29.7. The van der Waals surface area contributed by atoms with Crippen molar-refractivity contribution >= 4 is 0 Å². The Morgan fingerprint density at radius 3 is 1.81 bits per heavy atom. The average molecular weight is 367 g/mol. The lowest BCUT2D eigenvalue weighted by molar-refractivity contribution is 0.227. The first-order valence-corrected chi connectivity index (χ1v) is 10.6. The number of hydrogen-bond donors (Lipinski definition) is 0. The van der Waals surface area contributed by atoms with E-state index in [0.29, 0.717) is 5.92 Å². The van der Waals surface area contributed by atoms with E-state index < -0.39 is 17.5 Å². The molecule has 0 bridgehead atoms. The van der Waals surface area contributed by atoms with Gasteiger partial charge in [0, 0.05) is 5.56 Å². The first-order chi connectivity index (χ1) is 12.5. The van der Waals surface area contributed by atoms with E-state index in [1.165, 1.54) is 57.9 Å². The molecule has 1 aromatic carbocycles. The van der Waals surface area contributed by atoms with Crippen LogP contribution in [-0.4, -0.2) is 0 Å². The van der Waals surface area contributed by atoms with Crippen molar-refractivity contribution in [2.45, 2.75) is 90.4 Å². The Balaban J connectivity index is 1.48. The molecule has 3 heteroatoms. The summed E-state index contributed by atoms with van der Waals surface area (Å²) in [5, 5.41) is 0. The van der Waals surface area contributed by atoms with E-state index >= 15 is 0 Å². The van der Waals surface area contributed by atoms with Crippen LogP contribution in [0.3, 0.4) is 0 Å². The molecule has 0 amide bonds. The summed E-state index contributed by atoms with van der Waals surface area (Å²) in [5.41, 5.74) is 0.0414. The van der Waals surface area contributed by atoms with Gasteiger partial charge in [-0.1, -0.05) is 51.9 Å². The van der Waals surface area contributed by atoms with Gasteiger partial charge in [-0.05, 0) is 67.9 Å². The van der Waals surface area contributed by atoms with Crippen LogP contribution in [0.2, 0.25) is 0 Å². The standard InChI is InChI=1S/C23H33F3/c1-3-16-4-6-17(7-5-16)8-9-18-10-12-19(13-11-18)20-14-21(24)15(2)22(25)23(20)26/h14,16-19H,3-13H2,1-2H3. The quantitative estimate of drug-likeness (QED) is 0.469. The van der Waals surface area contributed by atoms with Crippen molar-refractivity contribution < 1.29 is 13.2 Å². The summed E-state index contributed by atoms with van der Waals surface area (Å²) in [6, 6.07) is 1.23. The summed E-state index contributed by atoms with van der Waals surface area (Å²) < 4.78 is 41.9. The first kappa shape index (κ1) is 19.8. The minimum absolute atomic E-state index is 0.0316. The van der Waals surface area contributed by atoms with E-state index in [-0.39, 0.29) is 17.0 Å². The second-order valence-corrected chi connectivity index (χ2v) is 8.79. The second kappa shape index (κ2) is 8.80. The van der Waals surface area contributed by atoms with E-state index in [2.05, 4.69) is 6.92 Å². The zero-order valence-electron chi connectivity index (χ0n) is 16.3. The Hall–Kier alpha value is -0.990. The average Bonchev–Trinajstić information content (AvgIpc) is 2.68. The monoisotopic (exact) mass is 366 g/mol. The molecule has 0 saturated heterocycles. The van der Waals surface area contributed by atoms with E-state index in [0.717, 1.165) is 37.5 Å². The molecule has 0 spiro atoms. The van der Waals surface area contributed by atoms with Gasteiger partial charge in [0.15, 0.2) is 11.6 Å². The fourth-order valence-electron chi connectivity index (χ4n) is 5.16. The lowest BCUT2D eigenvalue weighted by atomic mass is 9.74. The SMILES string of the molecule is CCC1CCC(CCC2CCC(c3cc(F)c(C)c(F)c3F)CC2)CC1. The third-order valence-corrected chi connectivity index (χ3v) is 7.23. The van der Waals surface area contributed by atoms with Gasteiger partial charge in [0.25, 0.3) is 0 Å². The lowest BCUT2D eigenvalue weighted by Gasteiger charge is -2.32. The van der Waals surface area contributed by atoms with Crippen LogP contribution in [0.5, 0.6) is 0 Å². The van der Waals surface area contributed by atoms with Crippen LogP contribution in [0.15, 0.2) is 6.07 Å². The highest BCUT2D eigenvalue weighted by atomic mass is 19.2.